The van der Waals surface area contributed by atoms with Crippen LogP contribution in [0.1, 0.15) is 18.4 Å². The average Bonchev–Trinajstić information content (AvgIpc) is 3.01. The molecule has 0 aromatic heterocycles. The van der Waals surface area contributed by atoms with Crippen LogP contribution in [0, 0.1) is 0 Å². The molecule has 5 nitrogen and oxygen atoms in total. The molecule has 0 bridgehead atoms. The Bertz CT molecular complexity index is 631. The first-order valence-electron chi connectivity index (χ1n) is 7.36. The van der Waals surface area contributed by atoms with E-state index < -0.39 is 9.84 Å². The minimum atomic E-state index is -3.14. The summed E-state index contributed by atoms with van der Waals surface area (Å²) in [6, 6.07) is 7.02. The number of hydrogen-bond acceptors (Lipinski definition) is 5. The molecule has 0 aliphatic carbocycles. The molecule has 1 fully saturated rings. The van der Waals surface area contributed by atoms with Gasteiger partial charge in [0.1, 0.15) is 6.17 Å². The van der Waals surface area contributed by atoms with Crippen LogP contribution in [0.5, 0.6) is 0 Å². The summed E-state index contributed by atoms with van der Waals surface area (Å²) < 4.78 is 23.0. The predicted octanol–water partition coefficient (Wildman–Crippen LogP) is 0.904. The smallest absolute Gasteiger partial charge is 0.175 e. The summed E-state index contributed by atoms with van der Waals surface area (Å²) in [5.41, 5.74) is 2.01. The van der Waals surface area contributed by atoms with Crippen LogP contribution in [0.3, 0.4) is 0 Å². The number of hydrogen-bond donors (Lipinski definition) is 1. The zero-order valence-corrected chi connectivity index (χ0v) is 13.1. The van der Waals surface area contributed by atoms with Crippen LogP contribution in [0.25, 0.3) is 0 Å². The van der Waals surface area contributed by atoms with Crippen LogP contribution < -0.4 is 5.32 Å². The summed E-state index contributed by atoms with van der Waals surface area (Å²) in [6.07, 6.45) is 3.95. The third kappa shape index (κ3) is 3.33. The van der Waals surface area contributed by atoms with Gasteiger partial charge in [-0.3, -0.25) is 9.89 Å². The number of nitrogens with one attached hydrogen (secondary N) is 1. The van der Waals surface area contributed by atoms with E-state index in [0.717, 1.165) is 37.5 Å². The Morgan fingerprint density at radius 2 is 1.86 bits per heavy atom. The van der Waals surface area contributed by atoms with E-state index in [4.69, 9.17) is 4.99 Å². The monoisotopic (exact) mass is 307 g/mol. The highest BCUT2D eigenvalue weighted by molar-refractivity contribution is 7.90. The van der Waals surface area contributed by atoms with E-state index in [0.29, 0.717) is 4.90 Å². The lowest BCUT2D eigenvalue weighted by Gasteiger charge is -2.29. The second-order valence-electron chi connectivity index (χ2n) is 5.73. The minimum Gasteiger partial charge on any atom is -0.308 e. The molecule has 114 valence electrons. The van der Waals surface area contributed by atoms with E-state index in [1.807, 2.05) is 12.1 Å². The molecular formula is C15H21N3O2S. The van der Waals surface area contributed by atoms with E-state index in [-0.39, 0.29) is 6.17 Å². The summed E-state index contributed by atoms with van der Waals surface area (Å²) >= 11 is 0. The largest absolute Gasteiger partial charge is 0.308 e. The lowest BCUT2D eigenvalue weighted by molar-refractivity contribution is 0.240. The van der Waals surface area contributed by atoms with Crippen molar-refractivity contribution in [2.45, 2.75) is 23.9 Å². The summed E-state index contributed by atoms with van der Waals surface area (Å²) in [5, 5.41) is 3.41. The molecule has 0 spiro atoms. The van der Waals surface area contributed by atoms with Gasteiger partial charge < -0.3 is 5.32 Å². The molecule has 1 atom stereocenters. The Morgan fingerprint density at radius 3 is 2.48 bits per heavy atom. The highest BCUT2D eigenvalue weighted by Crippen LogP contribution is 2.17. The third-order valence-corrected chi connectivity index (χ3v) is 5.23. The quantitative estimate of drug-likeness (QED) is 0.901. The van der Waals surface area contributed by atoms with Crippen molar-refractivity contribution >= 4 is 15.5 Å². The number of nitrogens with zero attached hydrogens (tertiary/aromatic N) is 2. The molecule has 1 N–H and O–H groups in total. The highest BCUT2D eigenvalue weighted by Gasteiger charge is 2.24. The molecular weight excluding hydrogens is 286 g/mol. The van der Waals surface area contributed by atoms with E-state index in [2.05, 4.69) is 10.2 Å². The van der Waals surface area contributed by atoms with Crippen LogP contribution in [-0.2, 0) is 9.84 Å². The van der Waals surface area contributed by atoms with Gasteiger partial charge in [-0.25, -0.2) is 8.42 Å². The molecule has 3 rings (SSSR count). The summed E-state index contributed by atoms with van der Waals surface area (Å²) in [6.45, 7) is 3.87. The summed E-state index contributed by atoms with van der Waals surface area (Å²) in [4.78, 5) is 7.62. The maximum Gasteiger partial charge on any atom is 0.175 e. The molecule has 1 aromatic carbocycles. The van der Waals surface area contributed by atoms with Gasteiger partial charge in [-0.05, 0) is 30.5 Å². The van der Waals surface area contributed by atoms with E-state index in [9.17, 15) is 8.42 Å². The number of rotatable bonds is 3. The fourth-order valence-electron chi connectivity index (χ4n) is 2.91. The third-order valence-electron chi connectivity index (χ3n) is 4.10. The molecule has 6 heteroatoms. The van der Waals surface area contributed by atoms with Gasteiger partial charge in [-0.1, -0.05) is 12.1 Å². The number of benzene rings is 1. The minimum absolute atomic E-state index is 0.214. The first kappa shape index (κ1) is 14.7. The van der Waals surface area contributed by atoms with Gasteiger partial charge in [-0.2, -0.15) is 0 Å². The summed E-state index contributed by atoms with van der Waals surface area (Å²) in [7, 11) is -3.14. The van der Waals surface area contributed by atoms with Crippen molar-refractivity contribution in [3.05, 3.63) is 29.8 Å². The second kappa shape index (κ2) is 5.87. The topological polar surface area (TPSA) is 61.8 Å². The van der Waals surface area contributed by atoms with Crippen molar-refractivity contribution in [2.75, 3.05) is 32.4 Å². The fraction of sp³-hybridized carbons (Fsp3) is 0.533. The maximum absolute atomic E-state index is 11.5. The molecule has 1 saturated heterocycles. The van der Waals surface area contributed by atoms with Crippen LogP contribution in [0.2, 0.25) is 0 Å². The van der Waals surface area contributed by atoms with Crippen molar-refractivity contribution in [3.63, 3.8) is 0 Å². The molecule has 1 unspecified atom stereocenters. The van der Waals surface area contributed by atoms with Gasteiger partial charge in [0.15, 0.2) is 9.84 Å². The average molecular weight is 307 g/mol. The SMILES string of the molecule is CS(=O)(=O)c1ccc(C2=NC(N3CCCC3)CNC2)cc1. The molecule has 0 radical (unpaired) electrons. The predicted molar refractivity (Wildman–Crippen MR) is 83.6 cm³/mol. The number of aliphatic imine (C=N–C) groups is 1. The van der Waals surface area contributed by atoms with Crippen LogP contribution in [0.15, 0.2) is 34.2 Å². The molecule has 2 heterocycles. The van der Waals surface area contributed by atoms with Gasteiger partial charge in [0, 0.05) is 32.4 Å². The Balaban J connectivity index is 1.82. The Morgan fingerprint density at radius 1 is 1.19 bits per heavy atom. The zero-order chi connectivity index (χ0) is 14.9. The number of sulfone groups is 1. The van der Waals surface area contributed by atoms with Crippen molar-refractivity contribution in [3.8, 4) is 0 Å². The van der Waals surface area contributed by atoms with Gasteiger partial charge in [0.2, 0.25) is 0 Å². The summed E-state index contributed by atoms with van der Waals surface area (Å²) in [5.74, 6) is 0. The van der Waals surface area contributed by atoms with Crippen LogP contribution >= 0.6 is 0 Å². The van der Waals surface area contributed by atoms with E-state index in [1.54, 1.807) is 12.1 Å². The van der Waals surface area contributed by atoms with Crippen molar-refractivity contribution in [1.82, 2.24) is 10.2 Å². The van der Waals surface area contributed by atoms with Crippen molar-refractivity contribution < 1.29 is 8.42 Å². The van der Waals surface area contributed by atoms with Gasteiger partial charge in [-0.15, -0.1) is 0 Å². The van der Waals surface area contributed by atoms with Crippen molar-refractivity contribution in [2.24, 2.45) is 4.99 Å². The molecule has 0 saturated carbocycles. The van der Waals surface area contributed by atoms with E-state index in [1.165, 1.54) is 19.1 Å². The molecule has 1 aromatic rings. The number of likely N-dealkylation sites (tertiary alicyclic amines) is 1. The first-order chi connectivity index (χ1) is 10.0. The molecule has 21 heavy (non-hydrogen) atoms. The lowest BCUT2D eigenvalue weighted by Crippen LogP contribution is -2.45. The maximum atomic E-state index is 11.5. The first-order valence-corrected chi connectivity index (χ1v) is 9.25. The molecule has 2 aliphatic rings. The fourth-order valence-corrected chi connectivity index (χ4v) is 3.54. The second-order valence-corrected chi connectivity index (χ2v) is 7.74. The Labute approximate surface area is 126 Å². The Hall–Kier alpha value is -1.24. The van der Waals surface area contributed by atoms with E-state index >= 15 is 0 Å². The zero-order valence-electron chi connectivity index (χ0n) is 12.2. The normalized spacial score (nSPS) is 24.0. The molecule has 0 amide bonds. The van der Waals surface area contributed by atoms with Gasteiger partial charge in [0.05, 0.1) is 10.6 Å². The van der Waals surface area contributed by atoms with Crippen molar-refractivity contribution in [1.29, 1.82) is 0 Å². The lowest BCUT2D eigenvalue weighted by atomic mass is 10.1. The molecule has 2 aliphatic heterocycles. The van der Waals surface area contributed by atoms with Gasteiger partial charge in [0.25, 0.3) is 0 Å². The Kier molecular flexibility index (Phi) is 4.10. The van der Waals surface area contributed by atoms with Gasteiger partial charge >= 0.3 is 0 Å². The van der Waals surface area contributed by atoms with Crippen LogP contribution in [-0.4, -0.2) is 57.6 Å². The highest BCUT2D eigenvalue weighted by atomic mass is 32.2. The standard InChI is InChI=1S/C15H21N3O2S/c1-21(19,20)13-6-4-12(5-7-13)14-10-16-11-15(17-14)18-8-2-3-9-18/h4-7,15-16H,2-3,8-11H2,1H3. The van der Waals surface area contributed by atoms with Crippen LogP contribution in [0.4, 0.5) is 0 Å².